The van der Waals surface area contributed by atoms with Crippen molar-refractivity contribution >= 4 is 48.0 Å². The van der Waals surface area contributed by atoms with Gasteiger partial charge in [0.15, 0.2) is 0 Å². The topological polar surface area (TPSA) is 82.8 Å². The number of carbonyl (C=O) groups is 2. The van der Waals surface area contributed by atoms with Gasteiger partial charge in [0.05, 0.1) is 6.54 Å². The Labute approximate surface area is 165 Å². The number of thiazole rings is 1. The van der Waals surface area contributed by atoms with Crippen molar-refractivity contribution in [2.45, 2.75) is 20.4 Å². The summed E-state index contributed by atoms with van der Waals surface area (Å²) in [5, 5.41) is 2.52. The number of rotatable bonds is 6. The molecular weight excluding hydrogens is 385 g/mol. The van der Waals surface area contributed by atoms with E-state index in [2.05, 4.69) is 23.7 Å². The summed E-state index contributed by atoms with van der Waals surface area (Å²) in [7, 11) is 0. The Morgan fingerprint density at radius 1 is 1.16 bits per heavy atom. The van der Waals surface area contributed by atoms with Crippen LogP contribution in [0.2, 0.25) is 0 Å². The zero-order valence-corrected chi connectivity index (χ0v) is 17.1. The summed E-state index contributed by atoms with van der Waals surface area (Å²) < 4.78 is 0. The highest BCUT2D eigenvalue weighted by Crippen LogP contribution is 2.13. The van der Waals surface area contributed by atoms with E-state index in [1.807, 2.05) is 4.90 Å². The summed E-state index contributed by atoms with van der Waals surface area (Å²) in [6.45, 7) is 8.92. The van der Waals surface area contributed by atoms with Crippen LogP contribution in [0.1, 0.15) is 29.3 Å². The maximum atomic E-state index is 12.4. The number of aromatic nitrogens is 1. The quantitative estimate of drug-likeness (QED) is 0.756. The van der Waals surface area contributed by atoms with Crippen LogP contribution in [0.4, 0.5) is 0 Å². The molecule has 2 amide bonds. The zero-order chi connectivity index (χ0) is 16.8. The van der Waals surface area contributed by atoms with Crippen LogP contribution in [0.3, 0.4) is 0 Å². The van der Waals surface area contributed by atoms with Crippen LogP contribution >= 0.6 is 36.2 Å². The summed E-state index contributed by atoms with van der Waals surface area (Å²) in [4.78, 5) is 34.6. The Morgan fingerprint density at radius 2 is 1.72 bits per heavy atom. The first-order valence-corrected chi connectivity index (χ1v) is 8.90. The molecule has 1 aromatic rings. The summed E-state index contributed by atoms with van der Waals surface area (Å²) in [6.07, 6.45) is 0. The van der Waals surface area contributed by atoms with Gasteiger partial charge in [-0.2, -0.15) is 0 Å². The van der Waals surface area contributed by atoms with Crippen molar-refractivity contribution in [3.05, 3.63) is 16.1 Å². The van der Waals surface area contributed by atoms with Crippen LogP contribution in [0.15, 0.2) is 5.38 Å². The monoisotopic (exact) mass is 411 g/mol. The second kappa shape index (κ2) is 11.6. The van der Waals surface area contributed by atoms with E-state index in [0.29, 0.717) is 45.0 Å². The number of piperazine rings is 1. The Balaban J connectivity index is 0.00000288. The van der Waals surface area contributed by atoms with E-state index in [4.69, 9.17) is 5.73 Å². The summed E-state index contributed by atoms with van der Waals surface area (Å²) in [5.74, 6) is 0.0664. The van der Waals surface area contributed by atoms with Gasteiger partial charge in [-0.25, -0.2) is 4.98 Å². The lowest BCUT2D eigenvalue weighted by molar-refractivity contribution is -0.133. The van der Waals surface area contributed by atoms with Crippen LogP contribution in [0, 0.1) is 0 Å². The van der Waals surface area contributed by atoms with Crippen LogP contribution in [-0.4, -0.2) is 77.3 Å². The lowest BCUT2D eigenvalue weighted by Gasteiger charge is -2.35. The van der Waals surface area contributed by atoms with Crippen molar-refractivity contribution in [1.29, 1.82) is 0 Å². The van der Waals surface area contributed by atoms with Crippen LogP contribution in [0.5, 0.6) is 0 Å². The Morgan fingerprint density at radius 3 is 2.20 bits per heavy atom. The van der Waals surface area contributed by atoms with Gasteiger partial charge in [-0.05, 0) is 13.1 Å². The lowest BCUT2D eigenvalue weighted by Crippen LogP contribution is -2.52. The van der Waals surface area contributed by atoms with E-state index in [1.165, 1.54) is 11.3 Å². The molecule has 1 fully saturated rings. The zero-order valence-electron chi connectivity index (χ0n) is 14.6. The van der Waals surface area contributed by atoms with Crippen molar-refractivity contribution in [2.75, 3.05) is 45.8 Å². The van der Waals surface area contributed by atoms with Gasteiger partial charge < -0.3 is 15.5 Å². The van der Waals surface area contributed by atoms with Gasteiger partial charge in [0, 0.05) is 38.1 Å². The molecule has 144 valence electrons. The predicted octanol–water partition coefficient (Wildman–Crippen LogP) is 1.07. The van der Waals surface area contributed by atoms with E-state index >= 15 is 0 Å². The lowest BCUT2D eigenvalue weighted by atomic mass is 10.2. The Bertz CT molecular complexity index is 546. The minimum atomic E-state index is -0.0724. The molecule has 0 spiro atoms. The number of likely N-dealkylation sites (N-methyl/N-ethyl adjacent to an activating group) is 1. The Kier molecular flexibility index (Phi) is 11.2. The van der Waals surface area contributed by atoms with Gasteiger partial charge in [-0.1, -0.05) is 13.8 Å². The van der Waals surface area contributed by atoms with Crippen LogP contribution < -0.4 is 5.73 Å². The average molecular weight is 412 g/mol. The molecule has 0 unspecified atom stereocenters. The summed E-state index contributed by atoms with van der Waals surface area (Å²) in [5.41, 5.74) is 5.99. The summed E-state index contributed by atoms with van der Waals surface area (Å²) in [6, 6.07) is 0. The maximum absolute atomic E-state index is 12.4. The molecule has 2 heterocycles. The molecule has 25 heavy (non-hydrogen) atoms. The van der Waals surface area contributed by atoms with Crippen molar-refractivity contribution in [2.24, 2.45) is 5.73 Å². The standard InChI is InChI=1S/C15H25N5O2S.2ClH/c1-3-18(4-2)10-14(21)19-5-7-20(8-6-19)15(22)12-11-23-13(9-16)17-12;;/h11H,3-10,16H2,1-2H3;2*1H. The largest absolute Gasteiger partial charge is 0.338 e. The molecule has 10 heteroatoms. The third kappa shape index (κ3) is 6.38. The van der Waals surface area contributed by atoms with Gasteiger partial charge >= 0.3 is 0 Å². The molecule has 0 aromatic carbocycles. The number of nitrogens with zero attached hydrogens (tertiary/aromatic N) is 4. The first kappa shape index (κ1) is 24.1. The highest BCUT2D eigenvalue weighted by atomic mass is 35.5. The second-order valence-electron chi connectivity index (χ2n) is 5.46. The normalized spacial score (nSPS) is 14.1. The van der Waals surface area contributed by atoms with Crippen molar-refractivity contribution in [1.82, 2.24) is 19.7 Å². The van der Waals surface area contributed by atoms with Crippen LogP contribution in [0.25, 0.3) is 0 Å². The molecule has 1 aromatic heterocycles. The van der Waals surface area contributed by atoms with E-state index in [9.17, 15) is 9.59 Å². The minimum absolute atomic E-state index is 0. The average Bonchev–Trinajstić information content (AvgIpc) is 3.08. The fraction of sp³-hybridized carbons (Fsp3) is 0.667. The first-order valence-electron chi connectivity index (χ1n) is 8.02. The highest BCUT2D eigenvalue weighted by molar-refractivity contribution is 7.09. The number of amides is 2. The number of nitrogens with two attached hydrogens (primary N) is 1. The molecule has 7 nitrogen and oxygen atoms in total. The number of halogens is 2. The van der Waals surface area contributed by atoms with E-state index in [-0.39, 0.29) is 36.6 Å². The molecule has 1 saturated heterocycles. The van der Waals surface area contributed by atoms with Gasteiger partial charge in [0.2, 0.25) is 5.91 Å². The maximum Gasteiger partial charge on any atom is 0.273 e. The molecule has 2 rings (SSSR count). The molecule has 0 aliphatic carbocycles. The smallest absolute Gasteiger partial charge is 0.273 e. The fourth-order valence-electron chi connectivity index (χ4n) is 2.56. The van der Waals surface area contributed by atoms with E-state index in [1.54, 1.807) is 10.3 Å². The SMILES string of the molecule is CCN(CC)CC(=O)N1CCN(C(=O)c2csc(CN)n2)CC1.Cl.Cl. The third-order valence-electron chi connectivity index (χ3n) is 4.12. The number of carbonyl (C=O) groups excluding carboxylic acids is 2. The number of hydrogen-bond donors (Lipinski definition) is 1. The van der Waals surface area contributed by atoms with Crippen molar-refractivity contribution in [3.8, 4) is 0 Å². The molecule has 2 N–H and O–H groups in total. The second-order valence-corrected chi connectivity index (χ2v) is 6.41. The molecule has 1 aliphatic rings. The van der Waals surface area contributed by atoms with Gasteiger partial charge in [0.25, 0.3) is 5.91 Å². The van der Waals surface area contributed by atoms with Crippen molar-refractivity contribution < 1.29 is 9.59 Å². The molecule has 1 aliphatic heterocycles. The molecular formula is C15H27Cl2N5O2S. The van der Waals surface area contributed by atoms with E-state index < -0.39 is 0 Å². The fourth-order valence-corrected chi connectivity index (χ4v) is 3.21. The summed E-state index contributed by atoms with van der Waals surface area (Å²) >= 11 is 1.41. The van der Waals surface area contributed by atoms with Crippen molar-refractivity contribution in [3.63, 3.8) is 0 Å². The Hall–Kier alpha value is -0.930. The first-order chi connectivity index (χ1) is 11.1. The molecule has 0 atom stereocenters. The molecule has 0 bridgehead atoms. The predicted molar refractivity (Wildman–Crippen MR) is 105 cm³/mol. The van der Waals surface area contributed by atoms with Gasteiger partial charge in [0.1, 0.15) is 10.7 Å². The van der Waals surface area contributed by atoms with Crippen LogP contribution in [-0.2, 0) is 11.3 Å². The minimum Gasteiger partial charge on any atom is -0.338 e. The highest BCUT2D eigenvalue weighted by Gasteiger charge is 2.26. The van der Waals surface area contributed by atoms with Gasteiger partial charge in [-0.3, -0.25) is 14.5 Å². The van der Waals surface area contributed by atoms with Gasteiger partial charge in [-0.15, -0.1) is 36.2 Å². The molecule has 0 radical (unpaired) electrons. The van der Waals surface area contributed by atoms with E-state index in [0.717, 1.165) is 18.1 Å². The number of hydrogen-bond acceptors (Lipinski definition) is 6. The molecule has 0 saturated carbocycles. The third-order valence-corrected chi connectivity index (χ3v) is 4.99.